The fourth-order valence-corrected chi connectivity index (χ4v) is 2.40. The number of hydrogen-bond donors (Lipinski definition) is 1. The van der Waals surface area contributed by atoms with Crippen LogP contribution in [0.15, 0.2) is 48.5 Å². The van der Waals surface area contributed by atoms with Gasteiger partial charge in [0.1, 0.15) is 5.75 Å². The number of nitro benzene ring substituents is 1. The first-order valence-electron chi connectivity index (χ1n) is 8.77. The highest BCUT2D eigenvalue weighted by Gasteiger charge is 2.16. The molecule has 2 aromatic carbocycles. The van der Waals surface area contributed by atoms with Crippen molar-refractivity contribution in [1.82, 2.24) is 0 Å². The highest BCUT2D eigenvalue weighted by molar-refractivity contribution is 5.86. The first kappa shape index (κ1) is 20.9. The number of carbonyl (C=O) groups excluding carboxylic acids is 2. The van der Waals surface area contributed by atoms with Gasteiger partial charge >= 0.3 is 12.1 Å². The molecule has 28 heavy (non-hydrogen) atoms. The largest absolute Gasteiger partial charge is 0.463 e. The van der Waals surface area contributed by atoms with Gasteiger partial charge in [0.25, 0.3) is 5.69 Å². The molecule has 148 valence electrons. The number of rotatable bonds is 7. The summed E-state index contributed by atoms with van der Waals surface area (Å²) in [5.41, 5.74) is 1.37. The third kappa shape index (κ3) is 6.39. The second kappa shape index (κ2) is 9.50. The first-order valence-corrected chi connectivity index (χ1v) is 8.77. The van der Waals surface area contributed by atoms with Crippen LogP contribution in [0.3, 0.4) is 0 Å². The van der Waals surface area contributed by atoms with Gasteiger partial charge in [-0.3, -0.25) is 20.2 Å². The molecular weight excluding hydrogens is 364 g/mol. The number of non-ortho nitro benzene ring substituents is 1. The Bertz CT molecular complexity index is 831. The molecule has 2 rings (SSSR count). The Morgan fingerprint density at radius 3 is 2.18 bits per heavy atom. The number of carbonyl (C=O) groups is 2. The van der Waals surface area contributed by atoms with Gasteiger partial charge in [0.2, 0.25) is 0 Å². The maximum Gasteiger partial charge on any atom is 0.417 e. The average molecular weight is 386 g/mol. The van der Waals surface area contributed by atoms with Crippen molar-refractivity contribution in [1.29, 1.82) is 0 Å². The number of hydrogen-bond acceptors (Lipinski definition) is 6. The Morgan fingerprint density at radius 1 is 1.04 bits per heavy atom. The molecular formula is C20H22N2O6. The molecule has 1 amide bonds. The lowest BCUT2D eigenvalue weighted by molar-refractivity contribution is -0.384. The topological polar surface area (TPSA) is 108 Å². The number of amides is 1. The highest BCUT2D eigenvalue weighted by Crippen LogP contribution is 2.19. The molecule has 0 bridgehead atoms. The summed E-state index contributed by atoms with van der Waals surface area (Å²) >= 11 is 0. The Morgan fingerprint density at radius 2 is 1.64 bits per heavy atom. The van der Waals surface area contributed by atoms with Crippen LogP contribution < -0.4 is 10.1 Å². The number of ether oxygens (including phenoxy) is 2. The molecule has 0 spiro atoms. The fourth-order valence-electron chi connectivity index (χ4n) is 2.40. The van der Waals surface area contributed by atoms with Crippen molar-refractivity contribution in [2.45, 2.75) is 33.3 Å². The average Bonchev–Trinajstić information content (AvgIpc) is 2.63. The summed E-state index contributed by atoms with van der Waals surface area (Å²) in [4.78, 5) is 33.9. The molecule has 0 heterocycles. The minimum absolute atomic E-state index is 0.0881. The predicted molar refractivity (Wildman–Crippen MR) is 103 cm³/mol. The molecule has 1 atom stereocenters. The lowest BCUT2D eigenvalue weighted by Crippen LogP contribution is -2.20. The van der Waals surface area contributed by atoms with Crippen LogP contribution in [0.5, 0.6) is 5.75 Å². The van der Waals surface area contributed by atoms with Crippen molar-refractivity contribution < 1.29 is 24.0 Å². The SMILES string of the molecule is CC(C)OC(=O)[C@@H](C)Cc1ccc(NC(=O)Oc2ccc([N+](=O)[O-])cc2)cc1. The zero-order valence-corrected chi connectivity index (χ0v) is 15.9. The molecule has 0 aliphatic heterocycles. The van der Waals surface area contributed by atoms with Gasteiger partial charge in [-0.1, -0.05) is 19.1 Å². The lowest BCUT2D eigenvalue weighted by Gasteiger charge is -2.14. The third-order valence-corrected chi connectivity index (χ3v) is 3.75. The second-order valence-electron chi connectivity index (χ2n) is 6.55. The number of esters is 1. The van der Waals surface area contributed by atoms with Crippen LogP contribution in [0, 0.1) is 16.0 Å². The number of nitrogens with zero attached hydrogens (tertiary/aromatic N) is 1. The van der Waals surface area contributed by atoms with E-state index in [0.717, 1.165) is 5.56 Å². The van der Waals surface area contributed by atoms with E-state index in [1.807, 2.05) is 0 Å². The Hall–Kier alpha value is -3.42. The van der Waals surface area contributed by atoms with Gasteiger partial charge in [0.15, 0.2) is 0 Å². The van der Waals surface area contributed by atoms with Crippen molar-refractivity contribution >= 4 is 23.4 Å². The molecule has 1 N–H and O–H groups in total. The number of benzene rings is 2. The molecule has 0 saturated heterocycles. The molecule has 2 aromatic rings. The van der Waals surface area contributed by atoms with E-state index in [1.54, 1.807) is 45.0 Å². The molecule has 0 aliphatic rings. The van der Waals surface area contributed by atoms with Gasteiger partial charge in [0, 0.05) is 17.8 Å². The highest BCUT2D eigenvalue weighted by atomic mass is 16.6. The summed E-state index contributed by atoms with van der Waals surface area (Å²) in [7, 11) is 0. The summed E-state index contributed by atoms with van der Waals surface area (Å²) in [5.74, 6) is -0.325. The predicted octanol–water partition coefficient (Wildman–Crippen LogP) is 4.34. The van der Waals surface area contributed by atoms with Crippen LogP contribution in [-0.2, 0) is 16.0 Å². The van der Waals surface area contributed by atoms with Gasteiger partial charge < -0.3 is 9.47 Å². The van der Waals surface area contributed by atoms with E-state index < -0.39 is 11.0 Å². The van der Waals surface area contributed by atoms with E-state index >= 15 is 0 Å². The molecule has 0 unspecified atom stereocenters. The van der Waals surface area contributed by atoms with E-state index in [9.17, 15) is 19.7 Å². The van der Waals surface area contributed by atoms with Crippen molar-refractivity contribution in [3.63, 3.8) is 0 Å². The normalized spacial score (nSPS) is 11.6. The fraction of sp³-hybridized carbons (Fsp3) is 0.300. The maximum atomic E-state index is 11.9. The van der Waals surface area contributed by atoms with E-state index in [0.29, 0.717) is 12.1 Å². The Balaban J connectivity index is 1.88. The molecule has 8 heteroatoms. The summed E-state index contributed by atoms with van der Waals surface area (Å²) < 4.78 is 10.3. The van der Waals surface area contributed by atoms with Crippen molar-refractivity contribution in [2.24, 2.45) is 5.92 Å². The number of nitrogens with one attached hydrogen (secondary N) is 1. The van der Waals surface area contributed by atoms with Gasteiger partial charge in [-0.2, -0.15) is 0 Å². The van der Waals surface area contributed by atoms with Gasteiger partial charge in [-0.15, -0.1) is 0 Å². The van der Waals surface area contributed by atoms with Crippen LogP contribution in [0.4, 0.5) is 16.2 Å². The molecule has 8 nitrogen and oxygen atoms in total. The summed E-state index contributed by atoms with van der Waals surface area (Å²) in [6.45, 7) is 5.42. The Labute approximate surface area is 162 Å². The van der Waals surface area contributed by atoms with E-state index in [1.165, 1.54) is 24.3 Å². The maximum absolute atomic E-state index is 11.9. The van der Waals surface area contributed by atoms with E-state index in [2.05, 4.69) is 5.32 Å². The van der Waals surface area contributed by atoms with Crippen LogP contribution in [-0.4, -0.2) is 23.1 Å². The quantitative estimate of drug-likeness (QED) is 0.431. The van der Waals surface area contributed by atoms with Crippen molar-refractivity contribution in [2.75, 3.05) is 5.32 Å². The van der Waals surface area contributed by atoms with Crippen molar-refractivity contribution in [3.05, 3.63) is 64.2 Å². The van der Waals surface area contributed by atoms with Gasteiger partial charge in [-0.25, -0.2) is 4.79 Å². The third-order valence-electron chi connectivity index (χ3n) is 3.75. The summed E-state index contributed by atoms with van der Waals surface area (Å²) in [6, 6.07) is 12.2. The van der Waals surface area contributed by atoms with Gasteiger partial charge in [-0.05, 0) is 50.1 Å². The standard InChI is InChI=1S/C20H22N2O6/c1-13(2)27-19(23)14(3)12-15-4-6-16(7-5-15)21-20(24)28-18-10-8-17(9-11-18)22(25)26/h4-11,13-14H,12H2,1-3H3,(H,21,24)/t14-/m0/s1. The summed E-state index contributed by atoms with van der Waals surface area (Å²) in [5, 5.41) is 13.2. The molecule has 0 saturated carbocycles. The monoisotopic (exact) mass is 386 g/mol. The lowest BCUT2D eigenvalue weighted by atomic mass is 10.0. The second-order valence-corrected chi connectivity index (χ2v) is 6.55. The van der Waals surface area contributed by atoms with Crippen LogP contribution >= 0.6 is 0 Å². The zero-order valence-electron chi connectivity index (χ0n) is 15.9. The smallest absolute Gasteiger partial charge is 0.417 e. The van der Waals surface area contributed by atoms with E-state index in [4.69, 9.17) is 9.47 Å². The number of anilines is 1. The van der Waals surface area contributed by atoms with E-state index in [-0.39, 0.29) is 29.4 Å². The molecule has 0 aliphatic carbocycles. The van der Waals surface area contributed by atoms with Crippen LogP contribution in [0.2, 0.25) is 0 Å². The molecule has 0 aromatic heterocycles. The van der Waals surface area contributed by atoms with Crippen LogP contribution in [0.1, 0.15) is 26.3 Å². The number of nitro groups is 1. The molecule has 0 fully saturated rings. The summed E-state index contributed by atoms with van der Waals surface area (Å²) in [6.07, 6.45) is -0.335. The van der Waals surface area contributed by atoms with Crippen molar-refractivity contribution in [3.8, 4) is 5.75 Å². The minimum atomic E-state index is -0.713. The zero-order chi connectivity index (χ0) is 20.7. The molecule has 0 radical (unpaired) electrons. The minimum Gasteiger partial charge on any atom is -0.463 e. The van der Waals surface area contributed by atoms with Gasteiger partial charge in [0.05, 0.1) is 16.9 Å². The Kier molecular flexibility index (Phi) is 7.08. The first-order chi connectivity index (χ1) is 13.2. The van der Waals surface area contributed by atoms with Crippen LogP contribution in [0.25, 0.3) is 0 Å².